The zero-order valence-corrected chi connectivity index (χ0v) is 12.0. The first-order valence-electron chi connectivity index (χ1n) is 6.20. The Morgan fingerprint density at radius 3 is 2.45 bits per heavy atom. The molecule has 0 unspecified atom stereocenters. The van der Waals surface area contributed by atoms with Crippen LogP contribution in [0.2, 0.25) is 0 Å². The first kappa shape index (κ1) is 16.3. The first-order valence-corrected chi connectivity index (χ1v) is 7.61. The molecule has 0 saturated heterocycles. The number of alkyl halides is 2. The molecule has 2 aromatic rings. The fraction of sp³-hybridized carbons (Fsp3) is 0.214. The maximum Gasteiger partial charge on any atom is 0.428 e. The molecular weight excluding hydrogens is 318 g/mol. The molecule has 0 aromatic heterocycles. The molecule has 22 heavy (non-hydrogen) atoms. The number of ether oxygens (including phenoxy) is 1. The van der Waals surface area contributed by atoms with Gasteiger partial charge in [-0.15, -0.1) is 0 Å². The van der Waals surface area contributed by atoms with Crippen LogP contribution in [-0.2, 0) is 26.1 Å². The molecule has 118 valence electrons. The van der Waals surface area contributed by atoms with Crippen LogP contribution < -0.4 is 0 Å². The number of hydrogen-bond acceptors (Lipinski definition) is 5. The van der Waals surface area contributed by atoms with Gasteiger partial charge in [0.2, 0.25) is 0 Å². The van der Waals surface area contributed by atoms with Crippen molar-refractivity contribution in [2.75, 3.05) is 6.61 Å². The Morgan fingerprint density at radius 2 is 1.77 bits per heavy atom. The lowest BCUT2D eigenvalue weighted by Gasteiger charge is -2.18. The summed E-state index contributed by atoms with van der Waals surface area (Å²) in [6.07, 6.45) is 0.113. The Hall–Kier alpha value is -2.06. The summed E-state index contributed by atoms with van der Waals surface area (Å²) in [7, 11) is -6.09. The molecule has 0 amide bonds. The van der Waals surface area contributed by atoms with Crippen molar-refractivity contribution in [1.29, 1.82) is 0 Å². The topological polar surface area (TPSA) is 83.5 Å². The second-order valence-electron chi connectivity index (χ2n) is 4.50. The van der Waals surface area contributed by atoms with Crippen molar-refractivity contribution in [3.05, 3.63) is 48.0 Å². The summed E-state index contributed by atoms with van der Waals surface area (Å²) in [5.74, 6) is -2.36. The van der Waals surface area contributed by atoms with Crippen LogP contribution in [0, 0.1) is 0 Å². The van der Waals surface area contributed by atoms with Gasteiger partial charge in [0.25, 0.3) is 0 Å². The van der Waals surface area contributed by atoms with Gasteiger partial charge >= 0.3 is 11.2 Å². The highest BCUT2D eigenvalue weighted by molar-refractivity contribution is 7.87. The second-order valence-corrected chi connectivity index (χ2v) is 5.92. The maximum absolute atomic E-state index is 12.9. The number of benzene rings is 2. The van der Waals surface area contributed by atoms with E-state index in [0.717, 1.165) is 16.3 Å². The van der Waals surface area contributed by atoms with Crippen LogP contribution in [0.5, 0.6) is 0 Å². The number of esters is 1. The highest BCUT2D eigenvalue weighted by Gasteiger charge is 2.48. The number of carbonyl (C=O) groups is 1. The van der Waals surface area contributed by atoms with E-state index >= 15 is 0 Å². The third-order valence-electron chi connectivity index (χ3n) is 3.04. The molecule has 2 rings (SSSR count). The molecule has 0 saturated carbocycles. The summed E-state index contributed by atoms with van der Waals surface area (Å²) >= 11 is 0. The van der Waals surface area contributed by atoms with Gasteiger partial charge in [-0.1, -0.05) is 42.5 Å². The largest absolute Gasteiger partial charge is 0.743 e. The zero-order chi connectivity index (χ0) is 16.4. The fourth-order valence-electron chi connectivity index (χ4n) is 1.95. The van der Waals surface area contributed by atoms with Crippen molar-refractivity contribution in [1.82, 2.24) is 0 Å². The van der Waals surface area contributed by atoms with Crippen molar-refractivity contribution < 1.29 is 31.3 Å². The summed E-state index contributed by atoms with van der Waals surface area (Å²) in [4.78, 5) is 11.0. The van der Waals surface area contributed by atoms with Gasteiger partial charge in [-0.3, -0.25) is 0 Å². The van der Waals surface area contributed by atoms with Gasteiger partial charge in [0.1, 0.15) is 0 Å². The lowest BCUT2D eigenvalue weighted by Crippen LogP contribution is -2.39. The average molecular weight is 329 g/mol. The van der Waals surface area contributed by atoms with Gasteiger partial charge in [-0.25, -0.2) is 13.2 Å². The molecule has 8 heteroatoms. The minimum atomic E-state index is -6.09. The summed E-state index contributed by atoms with van der Waals surface area (Å²) in [5, 5.41) is -3.28. The van der Waals surface area contributed by atoms with E-state index in [1.165, 1.54) is 0 Å². The fourth-order valence-corrected chi connectivity index (χ4v) is 2.21. The summed E-state index contributed by atoms with van der Waals surface area (Å²) < 4.78 is 61.0. The highest BCUT2D eigenvalue weighted by atomic mass is 32.2. The van der Waals surface area contributed by atoms with Gasteiger partial charge in [0.15, 0.2) is 10.1 Å². The molecular formula is C14H11F2O5S-. The minimum Gasteiger partial charge on any atom is -0.743 e. The van der Waals surface area contributed by atoms with Gasteiger partial charge in [0, 0.05) is 6.42 Å². The van der Waals surface area contributed by atoms with Crippen molar-refractivity contribution in [2.45, 2.75) is 11.7 Å². The van der Waals surface area contributed by atoms with Gasteiger partial charge in [-0.2, -0.15) is 8.78 Å². The highest BCUT2D eigenvalue weighted by Crippen LogP contribution is 2.23. The molecule has 0 fully saturated rings. The molecule has 0 atom stereocenters. The first-order chi connectivity index (χ1) is 10.2. The molecule has 0 spiro atoms. The number of fused-ring (bicyclic) bond motifs is 1. The number of hydrogen-bond donors (Lipinski definition) is 0. The summed E-state index contributed by atoms with van der Waals surface area (Å²) in [6.45, 7) is -0.460. The third-order valence-corrected chi connectivity index (χ3v) is 3.83. The molecule has 0 bridgehead atoms. The molecule has 0 N–H and O–H groups in total. The smallest absolute Gasteiger partial charge is 0.428 e. The standard InChI is InChI=1S/C14H12F2O5S/c15-14(16,22(18,19)20)13(17)21-9-8-11-6-3-5-10-4-1-2-7-12(10)11/h1-7H,8-9H2,(H,18,19,20)/p-1. The van der Waals surface area contributed by atoms with Gasteiger partial charge in [0.05, 0.1) is 6.61 Å². The Labute approximate surface area is 125 Å². The van der Waals surface area contributed by atoms with Crippen LogP contribution in [0.3, 0.4) is 0 Å². The zero-order valence-electron chi connectivity index (χ0n) is 11.2. The van der Waals surface area contributed by atoms with E-state index in [0.29, 0.717) is 0 Å². The van der Waals surface area contributed by atoms with E-state index in [9.17, 15) is 26.5 Å². The number of carbonyl (C=O) groups excluding carboxylic acids is 1. The molecule has 0 radical (unpaired) electrons. The Kier molecular flexibility index (Phi) is 4.43. The lowest BCUT2D eigenvalue weighted by atomic mass is 10.0. The van der Waals surface area contributed by atoms with E-state index in [1.807, 2.05) is 24.3 Å². The van der Waals surface area contributed by atoms with E-state index in [2.05, 4.69) is 4.74 Å². The van der Waals surface area contributed by atoms with Crippen LogP contribution in [0.25, 0.3) is 10.8 Å². The normalized spacial score (nSPS) is 12.3. The molecule has 0 heterocycles. The molecule has 0 aliphatic heterocycles. The quantitative estimate of drug-likeness (QED) is 0.619. The molecule has 0 aliphatic carbocycles. The average Bonchev–Trinajstić information content (AvgIpc) is 2.46. The second kappa shape index (κ2) is 5.98. The Morgan fingerprint density at radius 1 is 1.14 bits per heavy atom. The molecule has 0 aliphatic rings. The van der Waals surface area contributed by atoms with Crippen LogP contribution in [0.4, 0.5) is 8.78 Å². The SMILES string of the molecule is O=C(OCCc1cccc2ccccc12)C(F)(F)S(=O)(=O)[O-]. The predicted octanol–water partition coefficient (Wildman–Crippen LogP) is 2.06. The van der Waals surface area contributed by atoms with Crippen LogP contribution >= 0.6 is 0 Å². The Bertz CT molecular complexity index is 796. The lowest BCUT2D eigenvalue weighted by molar-refractivity contribution is -0.161. The van der Waals surface area contributed by atoms with Crippen LogP contribution in [-0.4, -0.2) is 30.8 Å². The van der Waals surface area contributed by atoms with Crippen molar-refractivity contribution in [3.63, 3.8) is 0 Å². The maximum atomic E-state index is 12.9. The third kappa shape index (κ3) is 3.23. The van der Waals surface area contributed by atoms with Crippen molar-refractivity contribution >= 4 is 26.9 Å². The Balaban J connectivity index is 2.06. The van der Waals surface area contributed by atoms with E-state index in [1.54, 1.807) is 18.2 Å². The van der Waals surface area contributed by atoms with Gasteiger partial charge in [-0.05, 0) is 16.3 Å². The van der Waals surface area contributed by atoms with Crippen molar-refractivity contribution in [3.8, 4) is 0 Å². The monoisotopic (exact) mass is 329 g/mol. The summed E-state index contributed by atoms with van der Waals surface area (Å²) in [6, 6.07) is 12.7. The van der Waals surface area contributed by atoms with E-state index < -0.39 is 27.9 Å². The van der Waals surface area contributed by atoms with Crippen molar-refractivity contribution in [2.24, 2.45) is 0 Å². The number of rotatable bonds is 5. The molecule has 2 aromatic carbocycles. The van der Waals surface area contributed by atoms with Gasteiger partial charge < -0.3 is 9.29 Å². The molecule has 5 nitrogen and oxygen atoms in total. The van der Waals surface area contributed by atoms with Crippen LogP contribution in [0.15, 0.2) is 42.5 Å². The summed E-state index contributed by atoms with van der Waals surface area (Å²) in [5.41, 5.74) is 0.749. The predicted molar refractivity (Wildman–Crippen MR) is 73.3 cm³/mol. The number of halogens is 2. The van der Waals surface area contributed by atoms with E-state index in [4.69, 9.17) is 0 Å². The van der Waals surface area contributed by atoms with Crippen LogP contribution in [0.1, 0.15) is 5.56 Å². The van der Waals surface area contributed by atoms with E-state index in [-0.39, 0.29) is 6.42 Å². The minimum absolute atomic E-state index is 0.113.